The molecule has 1 heterocycles. The van der Waals surface area contributed by atoms with Crippen LogP contribution in [0.5, 0.6) is 0 Å². The molecule has 2 aromatic rings. The molecule has 174 valence electrons. The molecule has 1 aliphatic heterocycles. The number of nitrogens with zero attached hydrogens (tertiary/aromatic N) is 4. The molecule has 4 rings (SSSR count). The summed E-state index contributed by atoms with van der Waals surface area (Å²) in [5.41, 5.74) is -0.134. The Hall–Kier alpha value is -4.41. The minimum Gasteiger partial charge on any atom is -0.272 e. The van der Waals surface area contributed by atoms with Gasteiger partial charge in [-0.3, -0.25) is 34.6 Å². The fourth-order valence-corrected chi connectivity index (χ4v) is 4.43. The Bertz CT molecular complexity index is 1260. The standard InChI is InChI=1S/C23H20N4O7/c1-14-10-11-16-18(12-14)23(30)25(22(16)29)24(13-15-6-2-4-8-19(15)26(31)32)21(28)17-7-3-5-9-20(17)27(33)34/h2-10,16,18H,11-13H2,1H3/t16-,18-/m1/s1. The molecule has 34 heavy (non-hydrogen) atoms. The second-order valence-electron chi connectivity index (χ2n) is 8.21. The van der Waals surface area contributed by atoms with Gasteiger partial charge in [0.2, 0.25) is 0 Å². The van der Waals surface area contributed by atoms with Crippen molar-refractivity contribution in [1.82, 2.24) is 10.0 Å². The summed E-state index contributed by atoms with van der Waals surface area (Å²) in [5.74, 6) is -3.51. The third kappa shape index (κ3) is 3.91. The van der Waals surface area contributed by atoms with E-state index in [1.54, 1.807) is 0 Å². The van der Waals surface area contributed by atoms with Crippen molar-refractivity contribution in [2.24, 2.45) is 11.8 Å². The molecule has 0 unspecified atom stereocenters. The number of carbonyl (C=O) groups excluding carboxylic acids is 3. The first-order valence-corrected chi connectivity index (χ1v) is 10.5. The Labute approximate surface area is 193 Å². The normalized spacial score (nSPS) is 19.4. The molecule has 11 nitrogen and oxygen atoms in total. The number of hydrogen-bond donors (Lipinski definition) is 0. The molecule has 1 saturated heterocycles. The SMILES string of the molecule is CC1=CC[C@H]2C(=O)N(N(Cc3ccccc3[N+](=O)[O-])C(=O)c3ccccc3[N+](=O)[O-])C(=O)[C@@H]2C1. The van der Waals surface area contributed by atoms with Crippen LogP contribution in [0, 0.1) is 32.1 Å². The van der Waals surface area contributed by atoms with Crippen molar-refractivity contribution >= 4 is 29.1 Å². The molecule has 1 aliphatic carbocycles. The van der Waals surface area contributed by atoms with Crippen LogP contribution < -0.4 is 0 Å². The van der Waals surface area contributed by atoms with Gasteiger partial charge in [0.15, 0.2) is 0 Å². The van der Waals surface area contributed by atoms with Crippen LogP contribution in [0.3, 0.4) is 0 Å². The van der Waals surface area contributed by atoms with Crippen molar-refractivity contribution in [1.29, 1.82) is 0 Å². The third-order valence-corrected chi connectivity index (χ3v) is 6.12. The van der Waals surface area contributed by atoms with Gasteiger partial charge in [0.05, 0.1) is 33.8 Å². The second-order valence-corrected chi connectivity index (χ2v) is 8.21. The maximum absolute atomic E-state index is 13.6. The van der Waals surface area contributed by atoms with E-state index in [9.17, 15) is 34.6 Å². The van der Waals surface area contributed by atoms with Crippen LogP contribution in [0.25, 0.3) is 0 Å². The average Bonchev–Trinajstić information content (AvgIpc) is 3.06. The van der Waals surface area contributed by atoms with Gasteiger partial charge in [0, 0.05) is 12.1 Å². The van der Waals surface area contributed by atoms with Crippen molar-refractivity contribution in [2.75, 3.05) is 0 Å². The molecule has 0 radical (unpaired) electrons. The maximum Gasteiger partial charge on any atom is 0.282 e. The quantitative estimate of drug-likeness (QED) is 0.276. The van der Waals surface area contributed by atoms with Gasteiger partial charge < -0.3 is 0 Å². The van der Waals surface area contributed by atoms with Gasteiger partial charge in [-0.2, -0.15) is 5.01 Å². The zero-order valence-corrected chi connectivity index (χ0v) is 18.1. The van der Waals surface area contributed by atoms with Crippen LogP contribution in [0.15, 0.2) is 60.2 Å². The number of para-hydroxylation sites is 2. The monoisotopic (exact) mass is 464 g/mol. The summed E-state index contributed by atoms with van der Waals surface area (Å²) in [4.78, 5) is 61.9. The van der Waals surface area contributed by atoms with E-state index in [0.29, 0.717) is 12.8 Å². The van der Waals surface area contributed by atoms with Crippen LogP contribution in [0.1, 0.15) is 35.7 Å². The van der Waals surface area contributed by atoms with Crippen LogP contribution in [0.2, 0.25) is 0 Å². The molecule has 0 N–H and O–H groups in total. The third-order valence-electron chi connectivity index (χ3n) is 6.12. The number of hydrogen-bond acceptors (Lipinski definition) is 7. The summed E-state index contributed by atoms with van der Waals surface area (Å²) in [7, 11) is 0. The average molecular weight is 464 g/mol. The van der Waals surface area contributed by atoms with E-state index in [4.69, 9.17) is 0 Å². The molecule has 0 aromatic heterocycles. The van der Waals surface area contributed by atoms with E-state index in [1.165, 1.54) is 42.5 Å². The number of allylic oxidation sites excluding steroid dienone is 2. The Balaban J connectivity index is 1.81. The number of carbonyl (C=O) groups is 3. The highest BCUT2D eigenvalue weighted by Crippen LogP contribution is 2.39. The highest BCUT2D eigenvalue weighted by atomic mass is 16.6. The predicted molar refractivity (Wildman–Crippen MR) is 118 cm³/mol. The molecule has 0 spiro atoms. The minimum absolute atomic E-state index is 0.0733. The number of imide groups is 1. The minimum atomic E-state index is -0.976. The lowest BCUT2D eigenvalue weighted by atomic mass is 9.82. The lowest BCUT2D eigenvalue weighted by molar-refractivity contribution is -0.385. The van der Waals surface area contributed by atoms with Gasteiger partial charge in [0.1, 0.15) is 5.56 Å². The van der Waals surface area contributed by atoms with Crippen LogP contribution in [-0.4, -0.2) is 37.6 Å². The van der Waals surface area contributed by atoms with Crippen molar-refractivity contribution in [2.45, 2.75) is 26.3 Å². The van der Waals surface area contributed by atoms with E-state index in [1.807, 2.05) is 13.0 Å². The Morgan fingerprint density at radius 3 is 2.24 bits per heavy atom. The number of benzene rings is 2. The fraction of sp³-hybridized carbons (Fsp3) is 0.261. The van der Waals surface area contributed by atoms with Gasteiger partial charge in [-0.15, -0.1) is 0 Å². The Morgan fingerprint density at radius 1 is 0.971 bits per heavy atom. The van der Waals surface area contributed by atoms with Gasteiger partial charge in [-0.25, -0.2) is 5.01 Å². The molecule has 0 bridgehead atoms. The number of amides is 3. The molecule has 3 amide bonds. The zero-order valence-electron chi connectivity index (χ0n) is 18.1. The molecular formula is C23H20N4O7. The van der Waals surface area contributed by atoms with E-state index >= 15 is 0 Å². The highest BCUT2D eigenvalue weighted by molar-refractivity contribution is 6.08. The summed E-state index contributed by atoms with van der Waals surface area (Å²) in [6.07, 6.45) is 2.55. The topological polar surface area (TPSA) is 144 Å². The second kappa shape index (κ2) is 8.85. The van der Waals surface area contributed by atoms with Crippen molar-refractivity contribution in [3.05, 3.63) is 91.5 Å². The molecule has 0 saturated carbocycles. The highest BCUT2D eigenvalue weighted by Gasteiger charge is 2.52. The van der Waals surface area contributed by atoms with Crippen molar-refractivity contribution < 1.29 is 24.2 Å². The van der Waals surface area contributed by atoms with Crippen LogP contribution >= 0.6 is 0 Å². The largest absolute Gasteiger partial charge is 0.282 e. The van der Waals surface area contributed by atoms with Gasteiger partial charge in [0.25, 0.3) is 29.1 Å². The molecule has 2 atom stereocenters. The van der Waals surface area contributed by atoms with E-state index in [0.717, 1.165) is 21.7 Å². The lowest BCUT2D eigenvalue weighted by Crippen LogP contribution is -2.50. The van der Waals surface area contributed by atoms with Gasteiger partial charge >= 0.3 is 0 Å². The van der Waals surface area contributed by atoms with Gasteiger partial charge in [-0.1, -0.05) is 42.0 Å². The molecule has 1 fully saturated rings. The lowest BCUT2D eigenvalue weighted by Gasteiger charge is -2.30. The van der Waals surface area contributed by atoms with E-state index < -0.39 is 51.6 Å². The molecule has 2 aliphatic rings. The van der Waals surface area contributed by atoms with Crippen LogP contribution in [0.4, 0.5) is 11.4 Å². The maximum atomic E-state index is 13.6. The molecular weight excluding hydrogens is 444 g/mol. The van der Waals surface area contributed by atoms with Crippen molar-refractivity contribution in [3.63, 3.8) is 0 Å². The molecule has 11 heteroatoms. The number of rotatable bonds is 6. The Kier molecular flexibility index (Phi) is 5.93. The predicted octanol–water partition coefficient (Wildman–Crippen LogP) is 3.40. The first kappa shape index (κ1) is 22.8. The smallest absolute Gasteiger partial charge is 0.272 e. The number of hydrazine groups is 1. The number of nitro benzene ring substituents is 2. The summed E-state index contributed by atoms with van der Waals surface area (Å²) in [5, 5.41) is 24.6. The van der Waals surface area contributed by atoms with Crippen molar-refractivity contribution in [3.8, 4) is 0 Å². The number of nitro groups is 2. The summed E-state index contributed by atoms with van der Waals surface area (Å²) in [6.45, 7) is 1.35. The first-order chi connectivity index (χ1) is 16.2. The fourth-order valence-electron chi connectivity index (χ4n) is 4.43. The summed E-state index contributed by atoms with van der Waals surface area (Å²) < 4.78 is 0. The Morgan fingerprint density at radius 2 is 1.56 bits per heavy atom. The van der Waals surface area contributed by atoms with E-state index in [2.05, 4.69) is 0 Å². The van der Waals surface area contributed by atoms with Crippen LogP contribution in [-0.2, 0) is 16.1 Å². The first-order valence-electron chi connectivity index (χ1n) is 10.5. The summed E-state index contributed by atoms with van der Waals surface area (Å²) >= 11 is 0. The number of fused-ring (bicyclic) bond motifs is 1. The summed E-state index contributed by atoms with van der Waals surface area (Å²) in [6, 6.07) is 10.8. The van der Waals surface area contributed by atoms with E-state index in [-0.39, 0.29) is 16.8 Å². The molecule has 2 aromatic carbocycles. The van der Waals surface area contributed by atoms with Gasteiger partial charge in [-0.05, 0) is 25.8 Å². The zero-order chi connectivity index (χ0) is 24.6.